The number of halogens is 1. The average Bonchev–Trinajstić information content (AvgIpc) is 2.45. The summed E-state index contributed by atoms with van der Waals surface area (Å²) < 4.78 is 23.3. The van der Waals surface area contributed by atoms with Gasteiger partial charge in [-0.2, -0.15) is 0 Å². The van der Waals surface area contributed by atoms with Gasteiger partial charge in [-0.05, 0) is 12.1 Å². The molecule has 6 nitrogen and oxygen atoms in total. The molecule has 0 fully saturated rings. The lowest BCUT2D eigenvalue weighted by atomic mass is 10.3. The molecule has 1 amide bonds. The van der Waals surface area contributed by atoms with Gasteiger partial charge in [0.25, 0.3) is 0 Å². The topological polar surface area (TPSA) is 76.1 Å². The molecular weight excluding hydrogens is 281 g/mol. The molecule has 0 aliphatic heterocycles. The van der Waals surface area contributed by atoms with Crippen molar-refractivity contribution in [3.05, 3.63) is 30.1 Å². The maximum Gasteiger partial charge on any atom is 0.323 e. The van der Waals surface area contributed by atoms with E-state index >= 15 is 0 Å². The van der Waals surface area contributed by atoms with Crippen LogP contribution in [0.4, 0.5) is 4.39 Å². The van der Waals surface area contributed by atoms with Crippen LogP contribution in [0.5, 0.6) is 5.75 Å². The molecule has 0 bridgehead atoms. The molecule has 0 saturated heterocycles. The smallest absolute Gasteiger partial charge is 0.323 e. The van der Waals surface area contributed by atoms with Crippen molar-refractivity contribution in [3.63, 3.8) is 0 Å². The zero-order valence-electron chi connectivity index (χ0n) is 11.8. The number of ether oxygens (including phenoxy) is 2. The van der Waals surface area contributed by atoms with Crippen molar-refractivity contribution in [2.75, 3.05) is 33.4 Å². The molecule has 0 atom stereocenters. The van der Waals surface area contributed by atoms with Gasteiger partial charge in [-0.15, -0.1) is 0 Å². The fourth-order valence-electron chi connectivity index (χ4n) is 1.62. The zero-order valence-corrected chi connectivity index (χ0v) is 11.8. The van der Waals surface area contributed by atoms with Crippen LogP contribution in [0, 0.1) is 5.82 Å². The molecule has 0 saturated carbocycles. The summed E-state index contributed by atoms with van der Waals surface area (Å²) in [6, 6.07) is 5.87. The predicted octanol–water partition coefficient (Wildman–Crippen LogP) is 1.15. The lowest BCUT2D eigenvalue weighted by Gasteiger charge is -2.20. The van der Waals surface area contributed by atoms with E-state index in [1.807, 2.05) is 0 Å². The van der Waals surface area contributed by atoms with Crippen molar-refractivity contribution in [2.45, 2.75) is 6.42 Å². The SMILES string of the molecule is COCCN(CC(=O)O)C(=O)CCOc1ccccc1F. The molecule has 0 heterocycles. The summed E-state index contributed by atoms with van der Waals surface area (Å²) in [7, 11) is 1.46. The number of rotatable bonds is 9. The van der Waals surface area contributed by atoms with Gasteiger partial charge >= 0.3 is 5.97 Å². The Morgan fingerprint density at radius 3 is 2.62 bits per heavy atom. The van der Waals surface area contributed by atoms with Crippen molar-refractivity contribution in [2.24, 2.45) is 0 Å². The molecule has 21 heavy (non-hydrogen) atoms. The predicted molar refractivity (Wildman–Crippen MR) is 72.6 cm³/mol. The fourth-order valence-corrected chi connectivity index (χ4v) is 1.62. The molecule has 1 aromatic carbocycles. The van der Waals surface area contributed by atoms with Crippen LogP contribution in [-0.4, -0.2) is 55.3 Å². The van der Waals surface area contributed by atoms with Gasteiger partial charge in [-0.25, -0.2) is 4.39 Å². The van der Waals surface area contributed by atoms with Crippen LogP contribution in [0.15, 0.2) is 24.3 Å². The van der Waals surface area contributed by atoms with E-state index in [9.17, 15) is 14.0 Å². The lowest BCUT2D eigenvalue weighted by molar-refractivity contribution is -0.145. The monoisotopic (exact) mass is 299 g/mol. The summed E-state index contributed by atoms with van der Waals surface area (Å²) in [4.78, 5) is 23.8. The third-order valence-corrected chi connectivity index (χ3v) is 2.65. The third-order valence-electron chi connectivity index (χ3n) is 2.65. The fraction of sp³-hybridized carbons (Fsp3) is 0.429. The number of aliphatic carboxylic acids is 1. The van der Waals surface area contributed by atoms with Gasteiger partial charge in [0, 0.05) is 13.7 Å². The summed E-state index contributed by atoms with van der Waals surface area (Å²) in [6.45, 7) is -0.000713. The van der Waals surface area contributed by atoms with E-state index in [-0.39, 0.29) is 37.8 Å². The molecule has 116 valence electrons. The van der Waals surface area contributed by atoms with E-state index < -0.39 is 18.3 Å². The quantitative estimate of drug-likeness (QED) is 0.740. The second-order valence-electron chi connectivity index (χ2n) is 4.23. The Hall–Kier alpha value is -2.15. The first-order chi connectivity index (χ1) is 10.0. The zero-order chi connectivity index (χ0) is 15.7. The second-order valence-corrected chi connectivity index (χ2v) is 4.23. The van der Waals surface area contributed by atoms with Gasteiger partial charge in [0.1, 0.15) is 6.54 Å². The van der Waals surface area contributed by atoms with E-state index in [2.05, 4.69) is 0 Å². The number of carboxylic acids is 1. The third kappa shape index (κ3) is 6.22. The lowest BCUT2D eigenvalue weighted by Crippen LogP contribution is -2.38. The molecule has 0 aliphatic carbocycles. The minimum absolute atomic E-state index is 0.0249. The van der Waals surface area contributed by atoms with E-state index in [1.165, 1.54) is 25.3 Å². The molecule has 1 rings (SSSR count). The van der Waals surface area contributed by atoms with E-state index in [4.69, 9.17) is 14.6 Å². The van der Waals surface area contributed by atoms with Gasteiger partial charge in [0.2, 0.25) is 5.91 Å². The van der Waals surface area contributed by atoms with Crippen LogP contribution in [0.25, 0.3) is 0 Å². The summed E-state index contributed by atoms with van der Waals surface area (Å²) in [5.41, 5.74) is 0. The number of amides is 1. The number of hydrogen-bond donors (Lipinski definition) is 1. The Labute approximate surface area is 122 Å². The molecule has 0 aliphatic rings. The standard InChI is InChI=1S/C14H18FNO5/c1-20-9-7-16(10-14(18)19)13(17)6-8-21-12-5-3-2-4-11(12)15/h2-5H,6-10H2,1H3,(H,18,19). The van der Waals surface area contributed by atoms with E-state index in [1.54, 1.807) is 6.07 Å². The van der Waals surface area contributed by atoms with Crippen molar-refractivity contribution in [1.82, 2.24) is 4.90 Å². The van der Waals surface area contributed by atoms with Crippen molar-refractivity contribution < 1.29 is 28.6 Å². The van der Waals surface area contributed by atoms with Gasteiger partial charge in [-0.3, -0.25) is 9.59 Å². The largest absolute Gasteiger partial charge is 0.490 e. The highest BCUT2D eigenvalue weighted by Crippen LogP contribution is 2.15. The van der Waals surface area contributed by atoms with Gasteiger partial charge < -0.3 is 19.5 Å². The van der Waals surface area contributed by atoms with Crippen LogP contribution >= 0.6 is 0 Å². The van der Waals surface area contributed by atoms with Crippen LogP contribution in [0.1, 0.15) is 6.42 Å². The van der Waals surface area contributed by atoms with Gasteiger partial charge in [0.15, 0.2) is 11.6 Å². The highest BCUT2D eigenvalue weighted by atomic mass is 19.1. The van der Waals surface area contributed by atoms with Crippen LogP contribution in [-0.2, 0) is 14.3 Å². The van der Waals surface area contributed by atoms with Crippen LogP contribution in [0.2, 0.25) is 0 Å². The Balaban J connectivity index is 2.45. The summed E-state index contributed by atoms with van der Waals surface area (Å²) in [5, 5.41) is 8.76. The number of carboxylic acid groups (broad SMARTS) is 1. The first-order valence-corrected chi connectivity index (χ1v) is 6.40. The van der Waals surface area contributed by atoms with Crippen molar-refractivity contribution in [3.8, 4) is 5.75 Å². The Bertz CT molecular complexity index is 480. The van der Waals surface area contributed by atoms with Gasteiger partial charge in [0.05, 0.1) is 19.6 Å². The number of hydrogen-bond acceptors (Lipinski definition) is 4. The number of carbonyl (C=O) groups excluding carboxylic acids is 1. The number of methoxy groups -OCH3 is 1. The maximum absolute atomic E-state index is 13.3. The van der Waals surface area contributed by atoms with Crippen LogP contribution in [0.3, 0.4) is 0 Å². The van der Waals surface area contributed by atoms with Gasteiger partial charge in [-0.1, -0.05) is 12.1 Å². The van der Waals surface area contributed by atoms with Crippen LogP contribution < -0.4 is 4.74 Å². The summed E-state index contributed by atoms with van der Waals surface area (Å²) in [6.07, 6.45) is -0.0364. The second kappa shape index (κ2) is 8.91. The number of carbonyl (C=O) groups is 2. The molecule has 1 aromatic rings. The highest BCUT2D eigenvalue weighted by Gasteiger charge is 2.16. The van der Waals surface area contributed by atoms with E-state index in [0.717, 1.165) is 4.90 Å². The van der Waals surface area contributed by atoms with Crippen molar-refractivity contribution >= 4 is 11.9 Å². The molecule has 7 heteroatoms. The molecule has 1 N–H and O–H groups in total. The Morgan fingerprint density at radius 1 is 1.29 bits per heavy atom. The average molecular weight is 299 g/mol. The van der Waals surface area contributed by atoms with Crippen molar-refractivity contribution in [1.29, 1.82) is 0 Å². The summed E-state index contributed by atoms with van der Waals surface area (Å²) >= 11 is 0. The minimum atomic E-state index is -1.10. The summed E-state index contributed by atoms with van der Waals surface area (Å²) in [5.74, 6) is -1.93. The Kier molecular flexibility index (Phi) is 7.17. The Morgan fingerprint density at radius 2 is 2.00 bits per heavy atom. The number of para-hydroxylation sites is 1. The highest BCUT2D eigenvalue weighted by molar-refractivity contribution is 5.81. The number of nitrogens with zero attached hydrogens (tertiary/aromatic N) is 1. The molecule has 0 unspecified atom stereocenters. The molecule has 0 radical (unpaired) electrons. The maximum atomic E-state index is 13.3. The van der Waals surface area contributed by atoms with E-state index in [0.29, 0.717) is 0 Å². The molecule has 0 aromatic heterocycles. The minimum Gasteiger partial charge on any atom is -0.490 e. The first-order valence-electron chi connectivity index (χ1n) is 6.40. The normalized spacial score (nSPS) is 10.2. The molecular formula is C14H18FNO5. The molecule has 0 spiro atoms. The number of benzene rings is 1. The first kappa shape index (κ1) is 16.9.